The van der Waals surface area contributed by atoms with E-state index in [0.717, 1.165) is 18.0 Å². The summed E-state index contributed by atoms with van der Waals surface area (Å²) < 4.78 is 0. The van der Waals surface area contributed by atoms with Crippen LogP contribution in [0.1, 0.15) is 32.6 Å². The molecule has 1 aliphatic heterocycles. The summed E-state index contributed by atoms with van der Waals surface area (Å²) in [6.45, 7) is 7.33. The average molecular weight is 239 g/mol. The Morgan fingerprint density at radius 3 is 2.76 bits per heavy atom. The highest BCUT2D eigenvalue weighted by molar-refractivity contribution is 4.83. The number of rotatable bonds is 6. The van der Waals surface area contributed by atoms with Gasteiger partial charge in [0.1, 0.15) is 0 Å². The highest BCUT2D eigenvalue weighted by Crippen LogP contribution is 2.19. The third kappa shape index (κ3) is 4.57. The molecular formula is C14H29N3. The maximum absolute atomic E-state index is 3.64. The van der Waals surface area contributed by atoms with E-state index in [2.05, 4.69) is 36.1 Å². The maximum Gasteiger partial charge on any atom is 0.0220 e. The first-order valence-corrected chi connectivity index (χ1v) is 7.27. The van der Waals surface area contributed by atoms with E-state index in [1.165, 1.54) is 51.9 Å². The molecule has 0 spiro atoms. The zero-order valence-electron chi connectivity index (χ0n) is 11.8. The van der Waals surface area contributed by atoms with Crippen molar-refractivity contribution in [3.8, 4) is 0 Å². The SMILES string of the molecule is CC(CNC1CC1)CN(C)C1CCCN(C)C1. The fourth-order valence-electron chi connectivity index (χ4n) is 2.86. The molecule has 2 rings (SSSR count). The summed E-state index contributed by atoms with van der Waals surface area (Å²) in [5, 5.41) is 3.64. The van der Waals surface area contributed by atoms with E-state index < -0.39 is 0 Å². The Hall–Kier alpha value is -0.120. The van der Waals surface area contributed by atoms with Crippen LogP contribution in [0.3, 0.4) is 0 Å². The second-order valence-corrected chi connectivity index (χ2v) is 6.29. The first-order valence-electron chi connectivity index (χ1n) is 7.27. The summed E-state index contributed by atoms with van der Waals surface area (Å²) in [4.78, 5) is 5.05. The van der Waals surface area contributed by atoms with Crippen LogP contribution < -0.4 is 5.32 Å². The van der Waals surface area contributed by atoms with Crippen LogP contribution in [0.25, 0.3) is 0 Å². The van der Waals surface area contributed by atoms with Crippen LogP contribution in [-0.4, -0.2) is 62.2 Å². The molecule has 1 heterocycles. The molecule has 17 heavy (non-hydrogen) atoms. The van der Waals surface area contributed by atoms with Gasteiger partial charge < -0.3 is 15.1 Å². The van der Waals surface area contributed by atoms with Gasteiger partial charge in [0.2, 0.25) is 0 Å². The normalized spacial score (nSPS) is 28.6. The minimum atomic E-state index is 0.771. The molecule has 2 atom stereocenters. The van der Waals surface area contributed by atoms with Crippen molar-refractivity contribution in [2.75, 3.05) is 40.3 Å². The van der Waals surface area contributed by atoms with Gasteiger partial charge in [-0.3, -0.25) is 0 Å². The standard InChI is InChI=1S/C14H29N3/c1-12(9-15-13-6-7-13)10-17(3)14-5-4-8-16(2)11-14/h12-15H,4-11H2,1-3H3. The van der Waals surface area contributed by atoms with Crippen molar-refractivity contribution < 1.29 is 0 Å². The Labute approximate surface area is 107 Å². The van der Waals surface area contributed by atoms with Crippen molar-refractivity contribution >= 4 is 0 Å². The summed E-state index contributed by atoms with van der Waals surface area (Å²) in [6, 6.07) is 1.63. The summed E-state index contributed by atoms with van der Waals surface area (Å²) in [6.07, 6.45) is 5.54. The zero-order chi connectivity index (χ0) is 12.3. The number of likely N-dealkylation sites (N-methyl/N-ethyl adjacent to an activating group) is 2. The molecule has 2 fully saturated rings. The Kier molecular flexibility index (Phi) is 4.83. The molecule has 1 N–H and O–H groups in total. The van der Waals surface area contributed by atoms with E-state index in [1.54, 1.807) is 0 Å². The van der Waals surface area contributed by atoms with Gasteiger partial charge in [0.05, 0.1) is 0 Å². The van der Waals surface area contributed by atoms with Gasteiger partial charge in [-0.2, -0.15) is 0 Å². The van der Waals surface area contributed by atoms with E-state index in [4.69, 9.17) is 0 Å². The highest BCUT2D eigenvalue weighted by atomic mass is 15.2. The molecule has 100 valence electrons. The molecule has 3 nitrogen and oxygen atoms in total. The van der Waals surface area contributed by atoms with Gasteiger partial charge in [-0.05, 0) is 58.8 Å². The molecule has 0 bridgehead atoms. The molecule has 1 saturated carbocycles. The van der Waals surface area contributed by atoms with Crippen LogP contribution in [0.4, 0.5) is 0 Å². The molecular weight excluding hydrogens is 210 g/mol. The first kappa shape index (κ1) is 13.3. The zero-order valence-corrected chi connectivity index (χ0v) is 11.8. The van der Waals surface area contributed by atoms with E-state index in [1.807, 2.05) is 0 Å². The van der Waals surface area contributed by atoms with Gasteiger partial charge in [0.25, 0.3) is 0 Å². The molecule has 1 saturated heterocycles. The quantitative estimate of drug-likeness (QED) is 0.756. The van der Waals surface area contributed by atoms with Crippen LogP contribution in [-0.2, 0) is 0 Å². The Bertz CT molecular complexity index is 228. The average Bonchev–Trinajstić information content (AvgIpc) is 3.10. The summed E-state index contributed by atoms with van der Waals surface area (Å²) >= 11 is 0. The van der Waals surface area contributed by atoms with Crippen molar-refractivity contribution in [1.82, 2.24) is 15.1 Å². The molecule has 0 aromatic carbocycles. The van der Waals surface area contributed by atoms with Crippen LogP contribution in [0.2, 0.25) is 0 Å². The largest absolute Gasteiger partial charge is 0.314 e. The summed E-state index contributed by atoms with van der Waals surface area (Å²) in [7, 11) is 4.55. The first-order chi connectivity index (χ1) is 8.15. The molecule has 2 unspecified atom stereocenters. The van der Waals surface area contributed by atoms with Crippen molar-refractivity contribution in [2.24, 2.45) is 5.92 Å². The van der Waals surface area contributed by atoms with Crippen LogP contribution in [0, 0.1) is 5.92 Å². The lowest BCUT2D eigenvalue weighted by molar-refractivity contribution is 0.122. The number of hydrogen-bond acceptors (Lipinski definition) is 3. The molecule has 2 aliphatic rings. The minimum absolute atomic E-state index is 0.771. The predicted octanol–water partition coefficient (Wildman–Crippen LogP) is 1.40. The molecule has 0 amide bonds. The summed E-state index contributed by atoms with van der Waals surface area (Å²) in [5.41, 5.74) is 0. The van der Waals surface area contributed by atoms with Crippen LogP contribution in [0.15, 0.2) is 0 Å². The Morgan fingerprint density at radius 2 is 2.12 bits per heavy atom. The smallest absolute Gasteiger partial charge is 0.0220 e. The number of piperidine rings is 1. The van der Waals surface area contributed by atoms with Crippen molar-refractivity contribution in [2.45, 2.75) is 44.7 Å². The highest BCUT2D eigenvalue weighted by Gasteiger charge is 2.24. The van der Waals surface area contributed by atoms with E-state index in [0.29, 0.717) is 0 Å². The minimum Gasteiger partial charge on any atom is -0.314 e. The second kappa shape index (κ2) is 6.17. The van der Waals surface area contributed by atoms with E-state index >= 15 is 0 Å². The topological polar surface area (TPSA) is 18.5 Å². The lowest BCUT2D eigenvalue weighted by Gasteiger charge is -2.37. The Morgan fingerprint density at radius 1 is 1.35 bits per heavy atom. The van der Waals surface area contributed by atoms with Gasteiger partial charge in [-0.25, -0.2) is 0 Å². The Balaban J connectivity index is 1.65. The lowest BCUT2D eigenvalue weighted by Crippen LogP contribution is -2.46. The molecule has 3 heteroatoms. The van der Waals surface area contributed by atoms with Gasteiger partial charge in [0, 0.05) is 25.2 Å². The lowest BCUT2D eigenvalue weighted by atomic mass is 10.0. The number of hydrogen-bond donors (Lipinski definition) is 1. The fourth-order valence-corrected chi connectivity index (χ4v) is 2.86. The van der Waals surface area contributed by atoms with Gasteiger partial charge in [-0.1, -0.05) is 6.92 Å². The third-order valence-electron chi connectivity index (χ3n) is 4.15. The maximum atomic E-state index is 3.64. The third-order valence-corrected chi connectivity index (χ3v) is 4.15. The van der Waals surface area contributed by atoms with Gasteiger partial charge in [0.15, 0.2) is 0 Å². The van der Waals surface area contributed by atoms with Gasteiger partial charge in [-0.15, -0.1) is 0 Å². The van der Waals surface area contributed by atoms with Crippen molar-refractivity contribution in [1.29, 1.82) is 0 Å². The predicted molar refractivity (Wildman–Crippen MR) is 73.3 cm³/mol. The monoisotopic (exact) mass is 239 g/mol. The van der Waals surface area contributed by atoms with Crippen molar-refractivity contribution in [3.63, 3.8) is 0 Å². The number of nitrogens with zero attached hydrogens (tertiary/aromatic N) is 2. The van der Waals surface area contributed by atoms with E-state index in [-0.39, 0.29) is 0 Å². The molecule has 1 aliphatic carbocycles. The van der Waals surface area contributed by atoms with Gasteiger partial charge >= 0.3 is 0 Å². The van der Waals surface area contributed by atoms with Crippen LogP contribution in [0.5, 0.6) is 0 Å². The molecule has 0 radical (unpaired) electrons. The second-order valence-electron chi connectivity index (χ2n) is 6.29. The molecule has 0 aromatic heterocycles. The number of likely N-dealkylation sites (tertiary alicyclic amines) is 1. The molecule has 0 aromatic rings. The fraction of sp³-hybridized carbons (Fsp3) is 1.00. The van der Waals surface area contributed by atoms with Crippen LogP contribution >= 0.6 is 0 Å². The van der Waals surface area contributed by atoms with E-state index in [9.17, 15) is 0 Å². The number of nitrogens with one attached hydrogen (secondary N) is 1. The van der Waals surface area contributed by atoms with Crippen molar-refractivity contribution in [3.05, 3.63) is 0 Å². The summed E-state index contributed by atoms with van der Waals surface area (Å²) in [5.74, 6) is 0.771.